The Balaban J connectivity index is 1.52. The molecule has 2 aromatic carbocycles. The van der Waals surface area contributed by atoms with E-state index in [0.29, 0.717) is 23.4 Å². The van der Waals surface area contributed by atoms with Gasteiger partial charge in [0.25, 0.3) is 5.91 Å². The summed E-state index contributed by atoms with van der Waals surface area (Å²) in [5.41, 5.74) is 1.58. The van der Waals surface area contributed by atoms with E-state index in [9.17, 15) is 9.59 Å². The highest BCUT2D eigenvalue weighted by atomic mass is 16.5. The van der Waals surface area contributed by atoms with Crippen LogP contribution in [0.5, 0.6) is 5.75 Å². The van der Waals surface area contributed by atoms with Crippen molar-refractivity contribution in [2.45, 2.75) is 25.1 Å². The van der Waals surface area contributed by atoms with Crippen LogP contribution in [-0.4, -0.2) is 40.7 Å². The van der Waals surface area contributed by atoms with Crippen LogP contribution in [0, 0.1) is 0 Å². The second-order valence-electron chi connectivity index (χ2n) is 7.28. The maximum Gasteiger partial charge on any atom is 0.328 e. The molecule has 2 aliphatic heterocycles. The molecule has 0 radical (unpaired) electrons. The Hall–Kier alpha value is -3.12. The van der Waals surface area contributed by atoms with Gasteiger partial charge >= 0.3 is 5.97 Å². The maximum atomic E-state index is 12.8. The second-order valence-corrected chi connectivity index (χ2v) is 7.28. The van der Waals surface area contributed by atoms with Gasteiger partial charge in [-0.2, -0.15) is 0 Å². The van der Waals surface area contributed by atoms with Crippen LogP contribution >= 0.6 is 0 Å². The summed E-state index contributed by atoms with van der Waals surface area (Å²) in [5, 5.41) is 11.8. The predicted octanol–water partition coefficient (Wildman–Crippen LogP) is 2.90. The highest BCUT2D eigenvalue weighted by molar-refractivity contribution is 5.99. The zero-order chi connectivity index (χ0) is 19.6. The lowest BCUT2D eigenvalue weighted by atomic mass is 9.97. The van der Waals surface area contributed by atoms with E-state index in [-0.39, 0.29) is 5.91 Å². The van der Waals surface area contributed by atoms with Gasteiger partial charge in [0.1, 0.15) is 5.75 Å². The summed E-state index contributed by atoms with van der Waals surface area (Å²) in [5.74, 6) is -0.677. The van der Waals surface area contributed by atoms with E-state index in [2.05, 4.69) is 22.3 Å². The van der Waals surface area contributed by atoms with Crippen LogP contribution in [0.2, 0.25) is 0 Å². The highest BCUT2D eigenvalue weighted by Gasteiger charge is 2.43. The number of aliphatic carboxylic acids is 1. The number of hydrogen-bond acceptors (Lipinski definition) is 4. The molecule has 6 nitrogen and oxygen atoms in total. The molecule has 0 aromatic heterocycles. The van der Waals surface area contributed by atoms with Gasteiger partial charge in [0.2, 0.25) is 0 Å². The molecule has 4 rings (SSSR count). The number of likely N-dealkylation sites (tertiary alicyclic amines) is 1. The van der Waals surface area contributed by atoms with Crippen molar-refractivity contribution in [2.75, 3.05) is 13.1 Å². The molecule has 2 aliphatic rings. The second kappa shape index (κ2) is 7.48. The summed E-state index contributed by atoms with van der Waals surface area (Å²) >= 11 is 0. The quantitative estimate of drug-likeness (QED) is 0.800. The van der Waals surface area contributed by atoms with Crippen LogP contribution in [0.3, 0.4) is 0 Å². The van der Waals surface area contributed by atoms with Gasteiger partial charge in [-0.15, -0.1) is 0 Å². The molecule has 2 N–H and O–H groups in total. The lowest BCUT2D eigenvalue weighted by Gasteiger charge is -2.45. The zero-order valence-electron chi connectivity index (χ0n) is 15.4. The zero-order valence-corrected chi connectivity index (χ0v) is 15.4. The molecule has 1 spiro atoms. The Kier molecular flexibility index (Phi) is 4.88. The lowest BCUT2D eigenvalue weighted by Crippen LogP contribution is -2.63. The summed E-state index contributed by atoms with van der Waals surface area (Å²) < 4.78 is 6.27. The molecule has 1 unspecified atom stereocenters. The van der Waals surface area contributed by atoms with Gasteiger partial charge in [0.05, 0.1) is 12.1 Å². The largest absolute Gasteiger partial charge is 0.478 e. The first-order chi connectivity index (χ1) is 13.5. The Bertz CT molecular complexity index is 925. The fraction of sp³-hybridized carbons (Fsp3) is 0.273. The Morgan fingerprint density at radius 3 is 2.86 bits per heavy atom. The van der Waals surface area contributed by atoms with Crippen molar-refractivity contribution >= 4 is 18.0 Å². The SMILES string of the molecule is O=C(O)C=Cc1ccc2c(c1)C(=O)NC1(CCCN(Cc3ccccc3)C1)O2. The number of carboxylic acid groups (broad SMARTS) is 1. The number of carbonyl (C=O) groups excluding carboxylic acids is 1. The van der Waals surface area contributed by atoms with Gasteiger partial charge in [0.15, 0.2) is 5.72 Å². The molecule has 2 heterocycles. The van der Waals surface area contributed by atoms with Crippen LogP contribution in [0.1, 0.15) is 34.3 Å². The van der Waals surface area contributed by atoms with E-state index in [1.807, 2.05) is 18.2 Å². The van der Waals surface area contributed by atoms with Crippen LogP contribution in [0.4, 0.5) is 0 Å². The summed E-state index contributed by atoms with van der Waals surface area (Å²) in [7, 11) is 0. The van der Waals surface area contributed by atoms with Gasteiger partial charge in [-0.3, -0.25) is 9.69 Å². The molecule has 144 valence electrons. The smallest absolute Gasteiger partial charge is 0.328 e. The first kappa shape index (κ1) is 18.3. The van der Waals surface area contributed by atoms with Gasteiger partial charge in [-0.1, -0.05) is 36.4 Å². The van der Waals surface area contributed by atoms with Gasteiger partial charge in [-0.25, -0.2) is 4.79 Å². The van der Waals surface area contributed by atoms with E-state index in [4.69, 9.17) is 9.84 Å². The monoisotopic (exact) mass is 378 g/mol. The van der Waals surface area contributed by atoms with Crippen molar-refractivity contribution in [1.29, 1.82) is 0 Å². The van der Waals surface area contributed by atoms with Crippen molar-refractivity contribution < 1.29 is 19.4 Å². The number of piperidine rings is 1. The first-order valence-corrected chi connectivity index (χ1v) is 9.36. The Labute approximate surface area is 163 Å². The molecular weight excluding hydrogens is 356 g/mol. The fourth-order valence-corrected chi connectivity index (χ4v) is 3.86. The average molecular weight is 378 g/mol. The van der Waals surface area contributed by atoms with Crippen LogP contribution < -0.4 is 10.1 Å². The average Bonchev–Trinajstić information content (AvgIpc) is 2.67. The summed E-state index contributed by atoms with van der Waals surface area (Å²) in [6.45, 7) is 2.39. The molecule has 1 saturated heterocycles. The Morgan fingerprint density at radius 1 is 1.25 bits per heavy atom. The third-order valence-corrected chi connectivity index (χ3v) is 5.10. The van der Waals surface area contributed by atoms with Crippen LogP contribution in [0.25, 0.3) is 6.08 Å². The molecule has 0 bridgehead atoms. The van der Waals surface area contributed by atoms with E-state index in [1.54, 1.807) is 18.2 Å². The number of benzene rings is 2. The number of nitrogens with one attached hydrogen (secondary N) is 1. The summed E-state index contributed by atoms with van der Waals surface area (Å²) in [6.07, 6.45) is 4.20. The number of nitrogens with zero attached hydrogens (tertiary/aromatic N) is 1. The third kappa shape index (κ3) is 3.92. The molecule has 0 saturated carbocycles. The maximum absolute atomic E-state index is 12.8. The lowest BCUT2D eigenvalue weighted by molar-refractivity contribution is -0.131. The predicted molar refractivity (Wildman–Crippen MR) is 105 cm³/mol. The van der Waals surface area contributed by atoms with Crippen molar-refractivity contribution in [1.82, 2.24) is 10.2 Å². The summed E-state index contributed by atoms with van der Waals surface area (Å²) in [6, 6.07) is 15.4. The third-order valence-electron chi connectivity index (χ3n) is 5.10. The number of rotatable bonds is 4. The number of hydrogen-bond donors (Lipinski definition) is 2. The van der Waals surface area contributed by atoms with Gasteiger partial charge in [-0.05, 0) is 42.3 Å². The van der Waals surface area contributed by atoms with Gasteiger partial charge in [0, 0.05) is 19.0 Å². The van der Waals surface area contributed by atoms with Crippen molar-refractivity contribution in [3.8, 4) is 5.75 Å². The fourth-order valence-electron chi connectivity index (χ4n) is 3.86. The van der Waals surface area contributed by atoms with Crippen molar-refractivity contribution in [3.05, 3.63) is 71.3 Å². The van der Waals surface area contributed by atoms with E-state index < -0.39 is 11.7 Å². The highest BCUT2D eigenvalue weighted by Crippen LogP contribution is 2.33. The standard InChI is InChI=1S/C22H22N2O4/c25-20(26)10-8-16-7-9-19-18(13-16)21(27)23-22(28-19)11-4-12-24(15-22)14-17-5-2-1-3-6-17/h1-3,5-10,13H,4,11-12,14-15H2,(H,23,27)(H,25,26). The molecule has 1 amide bonds. The minimum Gasteiger partial charge on any atom is -0.478 e. The molecule has 6 heteroatoms. The molecule has 2 aromatic rings. The molecular formula is C22H22N2O4. The Morgan fingerprint density at radius 2 is 2.07 bits per heavy atom. The number of carbonyl (C=O) groups is 2. The molecule has 1 atom stereocenters. The normalized spacial score (nSPS) is 21.9. The van der Waals surface area contributed by atoms with E-state index in [0.717, 1.165) is 32.0 Å². The van der Waals surface area contributed by atoms with Crippen molar-refractivity contribution in [3.63, 3.8) is 0 Å². The minimum atomic E-state index is -1.03. The first-order valence-electron chi connectivity index (χ1n) is 9.36. The summed E-state index contributed by atoms with van der Waals surface area (Å²) in [4.78, 5) is 25.8. The molecule has 1 fully saturated rings. The topological polar surface area (TPSA) is 78.9 Å². The van der Waals surface area contributed by atoms with E-state index in [1.165, 1.54) is 11.6 Å². The number of fused-ring (bicyclic) bond motifs is 1. The minimum absolute atomic E-state index is 0.187. The van der Waals surface area contributed by atoms with Crippen molar-refractivity contribution in [2.24, 2.45) is 0 Å². The van der Waals surface area contributed by atoms with Crippen LogP contribution in [0.15, 0.2) is 54.6 Å². The van der Waals surface area contributed by atoms with Gasteiger partial charge < -0.3 is 15.2 Å². The molecule has 0 aliphatic carbocycles. The number of amides is 1. The number of ether oxygens (including phenoxy) is 1. The molecule has 28 heavy (non-hydrogen) atoms. The van der Waals surface area contributed by atoms with E-state index >= 15 is 0 Å². The number of carboxylic acids is 1. The van der Waals surface area contributed by atoms with Crippen LogP contribution in [-0.2, 0) is 11.3 Å².